The Bertz CT molecular complexity index is 481. The largest absolute Gasteiger partial charge is 0.0547 e. The van der Waals surface area contributed by atoms with E-state index in [1.807, 2.05) is 11.1 Å². The molecule has 4 atom stereocenters. The molecule has 0 aliphatic heterocycles. The Balaban J connectivity index is 1.82. The van der Waals surface area contributed by atoms with Crippen LogP contribution >= 0.6 is 0 Å². The van der Waals surface area contributed by atoms with Gasteiger partial charge in [0.25, 0.3) is 0 Å². The molecule has 0 nitrogen and oxygen atoms in total. The molecule has 1 aromatic carbocycles. The summed E-state index contributed by atoms with van der Waals surface area (Å²) in [6.45, 7) is 2.44. The molecule has 0 N–H and O–H groups in total. The molecule has 0 spiro atoms. The van der Waals surface area contributed by atoms with Gasteiger partial charge in [0.2, 0.25) is 0 Å². The van der Waals surface area contributed by atoms with Crippen molar-refractivity contribution in [1.29, 1.82) is 0 Å². The van der Waals surface area contributed by atoms with E-state index in [0.29, 0.717) is 0 Å². The van der Waals surface area contributed by atoms with Gasteiger partial charge in [-0.2, -0.15) is 0 Å². The Morgan fingerprint density at radius 2 is 1.24 bits per heavy atom. The first-order chi connectivity index (χ1) is 8.33. The quantitative estimate of drug-likeness (QED) is 0.598. The van der Waals surface area contributed by atoms with E-state index in [1.54, 1.807) is 16.7 Å². The van der Waals surface area contributed by atoms with Gasteiger partial charge in [-0.1, -0.05) is 6.07 Å². The lowest BCUT2D eigenvalue weighted by atomic mass is 9.80. The van der Waals surface area contributed by atoms with Gasteiger partial charge in [-0.05, 0) is 96.9 Å². The third kappa shape index (κ3) is 0.939. The minimum absolute atomic E-state index is 0.943. The number of rotatable bonds is 0. The van der Waals surface area contributed by atoms with E-state index in [1.165, 1.54) is 38.5 Å². The zero-order valence-electron chi connectivity index (χ0n) is 10.6. The third-order valence-electron chi connectivity index (χ3n) is 6.30. The van der Waals surface area contributed by atoms with Crippen LogP contribution in [-0.2, 0) is 0 Å². The molecule has 0 aromatic heterocycles. The molecule has 2 fully saturated rings. The van der Waals surface area contributed by atoms with Crippen LogP contribution < -0.4 is 0 Å². The fourth-order valence-electron chi connectivity index (χ4n) is 5.71. The summed E-state index contributed by atoms with van der Waals surface area (Å²) in [5.74, 6) is 3.77. The summed E-state index contributed by atoms with van der Waals surface area (Å²) in [7, 11) is 0. The molecule has 17 heavy (non-hydrogen) atoms. The molecule has 0 amide bonds. The smallest absolute Gasteiger partial charge is 0.0150 e. The predicted molar refractivity (Wildman–Crippen MR) is 69.8 cm³/mol. The topological polar surface area (TPSA) is 0 Å². The third-order valence-corrected chi connectivity index (χ3v) is 6.30. The van der Waals surface area contributed by atoms with Gasteiger partial charge in [-0.25, -0.2) is 0 Å². The fourth-order valence-corrected chi connectivity index (χ4v) is 5.71. The van der Waals surface area contributed by atoms with Crippen molar-refractivity contribution in [2.24, 2.45) is 0 Å². The molecule has 4 aliphatic carbocycles. The van der Waals surface area contributed by atoms with Gasteiger partial charge < -0.3 is 0 Å². The van der Waals surface area contributed by atoms with Crippen molar-refractivity contribution in [3.8, 4) is 0 Å². The van der Waals surface area contributed by atoms with Gasteiger partial charge in [-0.3, -0.25) is 0 Å². The fraction of sp³-hybridized carbons (Fsp3) is 0.647. The highest BCUT2D eigenvalue weighted by molar-refractivity contribution is 5.57. The molecular formula is C17H20. The van der Waals surface area contributed by atoms with Gasteiger partial charge in [0.05, 0.1) is 0 Å². The standard InChI is InChI=1S/C17H20/c1-9-16-12-4-2-10(6-12)14(16)8-15-11-3-5-13(7-11)17(9)15/h8,10-13H,2-7H2,1H3/t10-,11-,12+,13+/m0/s1. The van der Waals surface area contributed by atoms with Crippen LogP contribution in [0.25, 0.3) is 0 Å². The van der Waals surface area contributed by atoms with E-state index >= 15 is 0 Å². The van der Waals surface area contributed by atoms with Crippen LogP contribution in [0.1, 0.15) is 90.0 Å². The van der Waals surface area contributed by atoms with Gasteiger partial charge in [0.15, 0.2) is 0 Å². The average Bonchev–Trinajstić information content (AvgIpc) is 3.08. The van der Waals surface area contributed by atoms with Crippen molar-refractivity contribution in [3.05, 3.63) is 33.9 Å². The van der Waals surface area contributed by atoms with Crippen molar-refractivity contribution >= 4 is 0 Å². The lowest BCUT2D eigenvalue weighted by Gasteiger charge is -2.25. The molecule has 2 saturated carbocycles. The summed E-state index contributed by atoms with van der Waals surface area (Å²) in [4.78, 5) is 0. The van der Waals surface area contributed by atoms with E-state index in [4.69, 9.17) is 0 Å². The molecular weight excluding hydrogens is 204 g/mol. The maximum absolute atomic E-state index is 2.66. The van der Waals surface area contributed by atoms with Crippen molar-refractivity contribution in [2.75, 3.05) is 0 Å². The van der Waals surface area contributed by atoms with Crippen LogP contribution in [0.15, 0.2) is 6.07 Å². The van der Waals surface area contributed by atoms with Crippen LogP contribution in [0.2, 0.25) is 0 Å². The number of fused-ring (bicyclic) bond motifs is 10. The number of benzene rings is 1. The predicted octanol–water partition coefficient (Wildman–Crippen LogP) is 4.72. The molecule has 4 aliphatic rings. The van der Waals surface area contributed by atoms with Gasteiger partial charge in [0.1, 0.15) is 0 Å². The first kappa shape index (κ1) is 9.19. The second kappa shape index (κ2) is 2.79. The van der Waals surface area contributed by atoms with E-state index in [2.05, 4.69) is 13.0 Å². The highest BCUT2D eigenvalue weighted by atomic mass is 14.5. The highest BCUT2D eigenvalue weighted by Crippen LogP contribution is 2.60. The van der Waals surface area contributed by atoms with E-state index in [-0.39, 0.29) is 0 Å². The van der Waals surface area contributed by atoms with E-state index < -0.39 is 0 Å². The summed E-state index contributed by atoms with van der Waals surface area (Å²) in [5.41, 5.74) is 8.92. The maximum atomic E-state index is 2.66. The number of hydrogen-bond donors (Lipinski definition) is 0. The first-order valence-corrected chi connectivity index (χ1v) is 7.50. The molecule has 88 valence electrons. The summed E-state index contributed by atoms with van der Waals surface area (Å²) in [6, 6.07) is 2.66. The van der Waals surface area contributed by atoms with Gasteiger partial charge in [0, 0.05) is 0 Å². The highest BCUT2D eigenvalue weighted by Gasteiger charge is 2.44. The summed E-state index contributed by atoms with van der Waals surface area (Å²) in [5, 5.41) is 0. The Labute approximate surface area is 103 Å². The molecule has 5 rings (SSSR count). The maximum Gasteiger partial charge on any atom is -0.0150 e. The summed E-state index contributed by atoms with van der Waals surface area (Å²) in [6.07, 6.45) is 8.87. The molecule has 0 radical (unpaired) electrons. The lowest BCUT2D eigenvalue weighted by Crippen LogP contribution is -2.08. The summed E-state index contributed by atoms with van der Waals surface area (Å²) < 4.78 is 0. The second-order valence-electron chi connectivity index (χ2n) is 6.92. The Hall–Kier alpha value is -0.780. The SMILES string of the molecule is Cc1c2c(cc3c1[C@@H]1CC[C@H]3C1)[C@H]1CC[C@@H]2C1. The van der Waals surface area contributed by atoms with E-state index in [9.17, 15) is 0 Å². The zero-order valence-corrected chi connectivity index (χ0v) is 10.6. The molecule has 1 aromatic rings. The van der Waals surface area contributed by atoms with Crippen molar-refractivity contribution in [2.45, 2.75) is 69.1 Å². The van der Waals surface area contributed by atoms with Crippen molar-refractivity contribution in [3.63, 3.8) is 0 Å². The molecule has 0 heterocycles. The monoisotopic (exact) mass is 224 g/mol. The average molecular weight is 224 g/mol. The van der Waals surface area contributed by atoms with Gasteiger partial charge in [-0.15, -0.1) is 0 Å². The molecule has 0 unspecified atom stereocenters. The van der Waals surface area contributed by atoms with E-state index in [0.717, 1.165) is 23.7 Å². The Morgan fingerprint density at radius 3 is 1.76 bits per heavy atom. The number of hydrogen-bond acceptors (Lipinski definition) is 0. The summed E-state index contributed by atoms with van der Waals surface area (Å²) >= 11 is 0. The molecule has 0 saturated heterocycles. The van der Waals surface area contributed by atoms with Crippen LogP contribution in [0, 0.1) is 6.92 Å². The minimum Gasteiger partial charge on any atom is -0.0547 e. The lowest BCUT2D eigenvalue weighted by molar-refractivity contribution is 0.683. The van der Waals surface area contributed by atoms with Crippen LogP contribution in [0.4, 0.5) is 0 Å². The molecule has 0 heteroatoms. The van der Waals surface area contributed by atoms with Crippen LogP contribution in [0.3, 0.4) is 0 Å². The van der Waals surface area contributed by atoms with Gasteiger partial charge >= 0.3 is 0 Å². The second-order valence-corrected chi connectivity index (χ2v) is 6.92. The van der Waals surface area contributed by atoms with Crippen molar-refractivity contribution in [1.82, 2.24) is 0 Å². The van der Waals surface area contributed by atoms with Crippen molar-refractivity contribution < 1.29 is 0 Å². The van der Waals surface area contributed by atoms with Crippen LogP contribution in [-0.4, -0.2) is 0 Å². The Kier molecular flexibility index (Phi) is 1.51. The first-order valence-electron chi connectivity index (χ1n) is 7.50. The Morgan fingerprint density at radius 1 is 0.765 bits per heavy atom. The van der Waals surface area contributed by atoms with Crippen LogP contribution in [0.5, 0.6) is 0 Å². The molecule has 4 bridgehead atoms. The zero-order chi connectivity index (χ0) is 11.1. The minimum atomic E-state index is 0.943. The normalized spacial score (nSPS) is 39.8.